The van der Waals surface area contributed by atoms with E-state index in [4.69, 9.17) is 0 Å². The minimum absolute atomic E-state index is 0.847. The van der Waals surface area contributed by atoms with Gasteiger partial charge in [-0.3, -0.25) is 0 Å². The van der Waals surface area contributed by atoms with Gasteiger partial charge in [-0.25, -0.2) is 0 Å². The molecule has 0 amide bonds. The third kappa shape index (κ3) is 4.12. The Morgan fingerprint density at radius 3 is 2.77 bits per heavy atom. The van der Waals surface area contributed by atoms with Crippen molar-refractivity contribution >= 4 is 0 Å². The van der Waals surface area contributed by atoms with Crippen molar-refractivity contribution in [1.29, 1.82) is 0 Å². The first kappa shape index (κ1) is 11.0. The first-order valence-corrected chi connectivity index (χ1v) is 6.08. The summed E-state index contributed by atoms with van der Waals surface area (Å²) >= 11 is 0. The topological polar surface area (TPSA) is 3.24 Å². The molecule has 1 aliphatic heterocycles. The fourth-order valence-corrected chi connectivity index (χ4v) is 2.23. The third-order valence-corrected chi connectivity index (χ3v) is 3.24. The summed E-state index contributed by atoms with van der Waals surface area (Å²) in [5.41, 5.74) is 0. The predicted molar refractivity (Wildman–Crippen MR) is 59.0 cm³/mol. The maximum Gasteiger partial charge on any atom is 0.00669 e. The lowest BCUT2D eigenvalue weighted by molar-refractivity contribution is 0.209. The highest BCUT2D eigenvalue weighted by Gasteiger charge is 2.15. The fraction of sp³-hybridized carbons (Fsp3) is 1.00. The standard InChI is InChI=1S/C12H25N/c1-3-4-7-10-13-11-8-5-6-9-12(13)2/h12H,3-11H2,1-2H3. The van der Waals surface area contributed by atoms with E-state index in [1.807, 2.05) is 0 Å². The van der Waals surface area contributed by atoms with Crippen LogP contribution in [0.5, 0.6) is 0 Å². The summed E-state index contributed by atoms with van der Waals surface area (Å²) in [4.78, 5) is 2.70. The van der Waals surface area contributed by atoms with Crippen molar-refractivity contribution in [2.75, 3.05) is 13.1 Å². The van der Waals surface area contributed by atoms with Gasteiger partial charge in [-0.15, -0.1) is 0 Å². The average molecular weight is 183 g/mol. The van der Waals surface area contributed by atoms with Crippen LogP contribution in [0.15, 0.2) is 0 Å². The van der Waals surface area contributed by atoms with Crippen LogP contribution in [0, 0.1) is 0 Å². The quantitative estimate of drug-likeness (QED) is 0.603. The van der Waals surface area contributed by atoms with Crippen molar-refractivity contribution in [3.8, 4) is 0 Å². The Labute approximate surface area is 83.5 Å². The maximum atomic E-state index is 2.70. The molecule has 0 aromatic rings. The van der Waals surface area contributed by atoms with Crippen LogP contribution in [-0.2, 0) is 0 Å². The monoisotopic (exact) mass is 183 g/mol. The highest BCUT2D eigenvalue weighted by molar-refractivity contribution is 4.71. The van der Waals surface area contributed by atoms with Crippen LogP contribution in [0.3, 0.4) is 0 Å². The zero-order chi connectivity index (χ0) is 9.52. The third-order valence-electron chi connectivity index (χ3n) is 3.24. The van der Waals surface area contributed by atoms with E-state index in [1.165, 1.54) is 58.0 Å². The molecule has 1 rings (SSSR count). The molecule has 1 saturated heterocycles. The van der Waals surface area contributed by atoms with E-state index in [0.717, 1.165) is 6.04 Å². The van der Waals surface area contributed by atoms with E-state index in [1.54, 1.807) is 0 Å². The van der Waals surface area contributed by atoms with Gasteiger partial charge in [0.2, 0.25) is 0 Å². The fourth-order valence-electron chi connectivity index (χ4n) is 2.23. The molecule has 1 heteroatoms. The molecule has 0 saturated carbocycles. The van der Waals surface area contributed by atoms with Crippen LogP contribution in [0.25, 0.3) is 0 Å². The highest BCUT2D eigenvalue weighted by Crippen LogP contribution is 2.16. The van der Waals surface area contributed by atoms with Crippen molar-refractivity contribution in [1.82, 2.24) is 4.90 Å². The largest absolute Gasteiger partial charge is 0.301 e. The lowest BCUT2D eigenvalue weighted by Crippen LogP contribution is -2.33. The van der Waals surface area contributed by atoms with E-state index in [9.17, 15) is 0 Å². The molecule has 1 unspecified atom stereocenters. The van der Waals surface area contributed by atoms with Crippen LogP contribution in [-0.4, -0.2) is 24.0 Å². The molecule has 1 atom stereocenters. The molecule has 1 heterocycles. The van der Waals surface area contributed by atoms with E-state index in [2.05, 4.69) is 18.7 Å². The molecule has 0 spiro atoms. The van der Waals surface area contributed by atoms with Crippen LogP contribution in [0.1, 0.15) is 58.8 Å². The lowest BCUT2D eigenvalue weighted by atomic mass is 10.1. The van der Waals surface area contributed by atoms with Gasteiger partial charge in [-0.1, -0.05) is 32.6 Å². The van der Waals surface area contributed by atoms with Gasteiger partial charge in [-0.2, -0.15) is 0 Å². The van der Waals surface area contributed by atoms with E-state index in [0.29, 0.717) is 0 Å². The maximum absolute atomic E-state index is 2.70. The van der Waals surface area contributed by atoms with Gasteiger partial charge in [-0.05, 0) is 39.3 Å². The molecule has 0 aromatic carbocycles. The molecular formula is C12H25N. The number of nitrogens with zero attached hydrogens (tertiary/aromatic N) is 1. The van der Waals surface area contributed by atoms with Gasteiger partial charge in [0, 0.05) is 6.04 Å². The van der Waals surface area contributed by atoms with Gasteiger partial charge >= 0.3 is 0 Å². The van der Waals surface area contributed by atoms with Crippen molar-refractivity contribution in [2.24, 2.45) is 0 Å². The first-order valence-electron chi connectivity index (χ1n) is 6.08. The molecule has 0 bridgehead atoms. The van der Waals surface area contributed by atoms with E-state index >= 15 is 0 Å². The summed E-state index contributed by atoms with van der Waals surface area (Å²) in [6, 6.07) is 0.847. The second-order valence-corrected chi connectivity index (χ2v) is 4.44. The Morgan fingerprint density at radius 1 is 1.15 bits per heavy atom. The van der Waals surface area contributed by atoms with Crippen LogP contribution in [0.4, 0.5) is 0 Å². The second-order valence-electron chi connectivity index (χ2n) is 4.44. The molecule has 1 nitrogen and oxygen atoms in total. The summed E-state index contributed by atoms with van der Waals surface area (Å²) in [5, 5.41) is 0. The summed E-state index contributed by atoms with van der Waals surface area (Å²) in [5.74, 6) is 0. The van der Waals surface area contributed by atoms with Gasteiger partial charge in [0.15, 0.2) is 0 Å². The van der Waals surface area contributed by atoms with Gasteiger partial charge in [0.25, 0.3) is 0 Å². The zero-order valence-corrected chi connectivity index (χ0v) is 9.39. The normalized spacial score (nSPS) is 25.8. The van der Waals surface area contributed by atoms with Crippen molar-refractivity contribution in [3.05, 3.63) is 0 Å². The number of rotatable bonds is 4. The van der Waals surface area contributed by atoms with Gasteiger partial charge in [0.05, 0.1) is 0 Å². The zero-order valence-electron chi connectivity index (χ0n) is 9.39. The van der Waals surface area contributed by atoms with Crippen LogP contribution >= 0.6 is 0 Å². The number of unbranched alkanes of at least 4 members (excludes halogenated alkanes) is 2. The Bertz CT molecular complexity index is 122. The SMILES string of the molecule is CCCCCN1CCCCCC1C. The summed E-state index contributed by atoms with van der Waals surface area (Å²) in [6.45, 7) is 7.38. The van der Waals surface area contributed by atoms with Gasteiger partial charge < -0.3 is 4.90 Å². The molecule has 13 heavy (non-hydrogen) atoms. The Morgan fingerprint density at radius 2 is 2.00 bits per heavy atom. The molecule has 78 valence electrons. The minimum Gasteiger partial charge on any atom is -0.301 e. The second kappa shape index (κ2) is 6.42. The Kier molecular flexibility index (Phi) is 5.45. The van der Waals surface area contributed by atoms with Crippen molar-refractivity contribution in [3.63, 3.8) is 0 Å². The summed E-state index contributed by atoms with van der Waals surface area (Å²) < 4.78 is 0. The minimum atomic E-state index is 0.847. The number of likely N-dealkylation sites (tertiary alicyclic amines) is 1. The summed E-state index contributed by atoms with van der Waals surface area (Å²) in [7, 11) is 0. The Hall–Kier alpha value is -0.0400. The highest BCUT2D eigenvalue weighted by atomic mass is 15.1. The average Bonchev–Trinajstić information content (AvgIpc) is 2.32. The molecule has 1 fully saturated rings. The molecular weight excluding hydrogens is 158 g/mol. The molecule has 0 aliphatic carbocycles. The van der Waals surface area contributed by atoms with Crippen molar-refractivity contribution < 1.29 is 0 Å². The molecule has 0 aromatic heterocycles. The lowest BCUT2D eigenvalue weighted by Gasteiger charge is -2.26. The van der Waals surface area contributed by atoms with Gasteiger partial charge in [0.1, 0.15) is 0 Å². The number of hydrogen-bond acceptors (Lipinski definition) is 1. The first-order chi connectivity index (χ1) is 6.34. The summed E-state index contributed by atoms with van der Waals surface area (Å²) in [6.07, 6.45) is 9.91. The van der Waals surface area contributed by atoms with E-state index < -0.39 is 0 Å². The van der Waals surface area contributed by atoms with Crippen molar-refractivity contribution in [2.45, 2.75) is 64.8 Å². The molecule has 0 radical (unpaired) electrons. The molecule has 1 aliphatic rings. The number of hydrogen-bond donors (Lipinski definition) is 0. The molecule has 0 N–H and O–H groups in total. The predicted octanol–water partition coefficient (Wildman–Crippen LogP) is 3.44. The van der Waals surface area contributed by atoms with Crippen LogP contribution < -0.4 is 0 Å². The van der Waals surface area contributed by atoms with E-state index in [-0.39, 0.29) is 0 Å². The smallest absolute Gasteiger partial charge is 0.00669 e. The Balaban J connectivity index is 2.19. The van der Waals surface area contributed by atoms with Crippen LogP contribution in [0.2, 0.25) is 0 Å².